The molecular formula is C14H16N4O4. The Hall–Kier alpha value is -2.32. The van der Waals surface area contributed by atoms with Gasteiger partial charge in [-0.2, -0.15) is 0 Å². The van der Waals surface area contributed by atoms with Gasteiger partial charge in [0.2, 0.25) is 0 Å². The molecule has 2 heterocycles. The van der Waals surface area contributed by atoms with Crippen LogP contribution in [0.2, 0.25) is 0 Å². The summed E-state index contributed by atoms with van der Waals surface area (Å²) in [5.74, 6) is 0.490. The van der Waals surface area contributed by atoms with Crippen molar-refractivity contribution in [3.63, 3.8) is 0 Å². The summed E-state index contributed by atoms with van der Waals surface area (Å²) in [5, 5.41) is 11.6. The number of H-pyrrole nitrogens is 1. The number of aromatic amines is 1. The Kier molecular flexibility index (Phi) is 3.86. The van der Waals surface area contributed by atoms with E-state index in [1.165, 1.54) is 6.07 Å². The number of nitro benzene ring substituents is 1. The molecule has 1 N–H and O–H groups in total. The van der Waals surface area contributed by atoms with Crippen LogP contribution < -0.4 is 5.56 Å². The van der Waals surface area contributed by atoms with Crippen molar-refractivity contribution in [3.05, 3.63) is 44.0 Å². The van der Waals surface area contributed by atoms with Crippen molar-refractivity contribution in [2.45, 2.75) is 13.5 Å². The zero-order valence-corrected chi connectivity index (χ0v) is 12.2. The number of aromatic nitrogens is 2. The summed E-state index contributed by atoms with van der Waals surface area (Å²) >= 11 is 0. The number of rotatable bonds is 3. The molecule has 22 heavy (non-hydrogen) atoms. The average molecular weight is 304 g/mol. The van der Waals surface area contributed by atoms with Gasteiger partial charge in [0.15, 0.2) is 0 Å². The molecule has 1 aromatic carbocycles. The smallest absolute Gasteiger partial charge is 0.274 e. The van der Waals surface area contributed by atoms with Gasteiger partial charge in [-0.15, -0.1) is 0 Å². The van der Waals surface area contributed by atoms with Crippen LogP contribution in [-0.2, 0) is 11.3 Å². The van der Waals surface area contributed by atoms with E-state index in [4.69, 9.17) is 4.74 Å². The second-order valence-corrected chi connectivity index (χ2v) is 5.30. The lowest BCUT2D eigenvalue weighted by Gasteiger charge is -2.26. The van der Waals surface area contributed by atoms with Crippen molar-refractivity contribution in [1.29, 1.82) is 0 Å². The van der Waals surface area contributed by atoms with Crippen LogP contribution in [0.1, 0.15) is 11.4 Å². The first-order chi connectivity index (χ1) is 10.5. The molecule has 116 valence electrons. The molecule has 0 amide bonds. The van der Waals surface area contributed by atoms with Gasteiger partial charge in [-0.25, -0.2) is 4.98 Å². The van der Waals surface area contributed by atoms with Crippen LogP contribution in [0, 0.1) is 17.0 Å². The number of nitrogens with one attached hydrogen (secondary N) is 1. The molecule has 0 unspecified atom stereocenters. The molecule has 2 aromatic rings. The van der Waals surface area contributed by atoms with Crippen molar-refractivity contribution < 1.29 is 9.66 Å². The molecule has 1 fully saturated rings. The molecule has 8 heteroatoms. The summed E-state index contributed by atoms with van der Waals surface area (Å²) in [6, 6.07) is 2.96. The second kappa shape index (κ2) is 5.82. The van der Waals surface area contributed by atoms with Gasteiger partial charge in [-0.1, -0.05) is 0 Å². The van der Waals surface area contributed by atoms with Crippen molar-refractivity contribution in [3.8, 4) is 0 Å². The molecule has 8 nitrogen and oxygen atoms in total. The van der Waals surface area contributed by atoms with Crippen molar-refractivity contribution in [2.75, 3.05) is 26.3 Å². The monoisotopic (exact) mass is 304 g/mol. The maximum absolute atomic E-state index is 11.9. The van der Waals surface area contributed by atoms with E-state index >= 15 is 0 Å². The first-order valence-electron chi connectivity index (χ1n) is 7.02. The quantitative estimate of drug-likeness (QED) is 0.670. The lowest BCUT2D eigenvalue weighted by Crippen LogP contribution is -2.35. The van der Waals surface area contributed by atoms with E-state index in [1.54, 1.807) is 13.0 Å². The van der Waals surface area contributed by atoms with Gasteiger partial charge in [0, 0.05) is 31.3 Å². The fourth-order valence-electron chi connectivity index (χ4n) is 2.63. The van der Waals surface area contributed by atoms with Gasteiger partial charge in [0.25, 0.3) is 11.2 Å². The van der Waals surface area contributed by atoms with Gasteiger partial charge in [-0.05, 0) is 13.0 Å². The highest BCUT2D eigenvalue weighted by molar-refractivity contribution is 5.81. The van der Waals surface area contributed by atoms with E-state index in [1.807, 2.05) is 0 Å². The van der Waals surface area contributed by atoms with Crippen LogP contribution in [0.3, 0.4) is 0 Å². The number of morpholine rings is 1. The minimum atomic E-state index is -0.450. The van der Waals surface area contributed by atoms with Crippen LogP contribution in [0.5, 0.6) is 0 Å². The van der Waals surface area contributed by atoms with E-state index in [2.05, 4.69) is 14.9 Å². The molecule has 3 rings (SSSR count). The largest absolute Gasteiger partial charge is 0.379 e. The number of nitrogens with zero attached hydrogens (tertiary/aromatic N) is 3. The molecule has 1 aliphatic rings. The van der Waals surface area contributed by atoms with Crippen LogP contribution in [-0.4, -0.2) is 46.1 Å². The van der Waals surface area contributed by atoms with Crippen LogP contribution in [0.25, 0.3) is 10.9 Å². The predicted molar refractivity (Wildman–Crippen MR) is 79.9 cm³/mol. The van der Waals surface area contributed by atoms with Crippen molar-refractivity contribution in [1.82, 2.24) is 14.9 Å². The number of benzene rings is 1. The lowest BCUT2D eigenvalue weighted by molar-refractivity contribution is -0.385. The molecule has 0 atom stereocenters. The van der Waals surface area contributed by atoms with Crippen molar-refractivity contribution in [2.24, 2.45) is 0 Å². The number of ether oxygens (including phenoxy) is 1. The summed E-state index contributed by atoms with van der Waals surface area (Å²) in [5.41, 5.74) is 0.644. The number of fused-ring (bicyclic) bond motifs is 1. The Morgan fingerprint density at radius 3 is 2.82 bits per heavy atom. The molecule has 1 aromatic heterocycles. The molecule has 0 spiro atoms. The molecule has 0 saturated carbocycles. The maximum Gasteiger partial charge on any atom is 0.274 e. The molecule has 1 saturated heterocycles. The first kappa shape index (κ1) is 14.6. The summed E-state index contributed by atoms with van der Waals surface area (Å²) in [6.07, 6.45) is 0. The highest BCUT2D eigenvalue weighted by Gasteiger charge is 2.20. The third kappa shape index (κ3) is 2.83. The van der Waals surface area contributed by atoms with Crippen LogP contribution in [0.15, 0.2) is 16.9 Å². The maximum atomic E-state index is 11.9. The van der Waals surface area contributed by atoms with E-state index in [0.29, 0.717) is 36.7 Å². The fourth-order valence-corrected chi connectivity index (χ4v) is 2.63. The Balaban J connectivity index is 2.08. The number of aryl methyl sites for hydroxylation is 1. The van der Waals surface area contributed by atoms with Crippen LogP contribution >= 0.6 is 0 Å². The fraction of sp³-hybridized carbons (Fsp3) is 0.429. The summed E-state index contributed by atoms with van der Waals surface area (Å²) in [6.45, 7) is 4.85. The Labute approximate surface area is 125 Å². The third-order valence-corrected chi connectivity index (χ3v) is 3.72. The van der Waals surface area contributed by atoms with Crippen LogP contribution in [0.4, 0.5) is 5.69 Å². The van der Waals surface area contributed by atoms with Gasteiger partial charge < -0.3 is 9.72 Å². The SMILES string of the molecule is Cc1nc2cc(CN3CCOCC3)c([N+](=O)[O-])cc2c(=O)[nH]1. The topological polar surface area (TPSA) is 101 Å². The third-order valence-electron chi connectivity index (χ3n) is 3.72. The Bertz CT molecular complexity index is 780. The summed E-state index contributed by atoms with van der Waals surface area (Å²) in [4.78, 5) is 31.7. The zero-order chi connectivity index (χ0) is 15.7. The summed E-state index contributed by atoms with van der Waals surface area (Å²) in [7, 11) is 0. The van der Waals surface area contributed by atoms with Gasteiger partial charge >= 0.3 is 0 Å². The highest BCUT2D eigenvalue weighted by atomic mass is 16.6. The van der Waals surface area contributed by atoms with E-state index < -0.39 is 4.92 Å². The molecule has 0 aliphatic carbocycles. The minimum absolute atomic E-state index is 0.0462. The highest BCUT2D eigenvalue weighted by Crippen LogP contribution is 2.25. The van der Waals surface area contributed by atoms with E-state index in [-0.39, 0.29) is 16.6 Å². The standard InChI is InChI=1S/C14H16N4O4/c1-9-15-12-6-10(8-17-2-4-22-5-3-17)13(18(20)21)7-11(12)14(19)16-9/h6-7H,2-5,8H2,1H3,(H,15,16,19). The molecule has 0 radical (unpaired) electrons. The molecule has 1 aliphatic heterocycles. The number of hydrogen-bond donors (Lipinski definition) is 1. The van der Waals surface area contributed by atoms with E-state index in [0.717, 1.165) is 13.1 Å². The minimum Gasteiger partial charge on any atom is -0.379 e. The van der Waals surface area contributed by atoms with E-state index in [9.17, 15) is 14.9 Å². The Morgan fingerprint density at radius 1 is 1.41 bits per heavy atom. The second-order valence-electron chi connectivity index (χ2n) is 5.30. The van der Waals surface area contributed by atoms with Gasteiger partial charge in [-0.3, -0.25) is 19.8 Å². The van der Waals surface area contributed by atoms with Gasteiger partial charge in [0.05, 0.1) is 29.0 Å². The number of nitro groups is 1. The lowest BCUT2D eigenvalue weighted by atomic mass is 10.1. The predicted octanol–water partition coefficient (Wildman–Crippen LogP) is 0.972. The zero-order valence-electron chi connectivity index (χ0n) is 12.2. The summed E-state index contributed by atoms with van der Waals surface area (Å²) < 4.78 is 5.28. The molecular weight excluding hydrogens is 288 g/mol. The normalized spacial score (nSPS) is 16.0. The first-order valence-corrected chi connectivity index (χ1v) is 7.02. The Morgan fingerprint density at radius 2 is 2.14 bits per heavy atom. The number of hydrogen-bond acceptors (Lipinski definition) is 6. The molecule has 0 bridgehead atoms. The van der Waals surface area contributed by atoms with Crippen molar-refractivity contribution >= 4 is 16.6 Å². The average Bonchev–Trinajstić information content (AvgIpc) is 2.47. The van der Waals surface area contributed by atoms with Gasteiger partial charge in [0.1, 0.15) is 5.82 Å².